The molecule has 0 spiro atoms. The molecule has 6 nitrogen and oxygen atoms in total. The largest absolute Gasteiger partial charge is 0.489 e. The van der Waals surface area contributed by atoms with Crippen LogP contribution in [-0.4, -0.2) is 34.8 Å². The van der Waals surface area contributed by atoms with E-state index < -0.39 is 0 Å². The number of nitrogens with one attached hydrogen (secondary N) is 1. The van der Waals surface area contributed by atoms with E-state index in [0.29, 0.717) is 22.0 Å². The molecule has 7 heteroatoms. The lowest BCUT2D eigenvalue weighted by molar-refractivity contribution is -0.164. The molecule has 1 heterocycles. The van der Waals surface area contributed by atoms with Crippen molar-refractivity contribution >= 4 is 23.2 Å². The summed E-state index contributed by atoms with van der Waals surface area (Å²) < 4.78 is 6.27. The Morgan fingerprint density at radius 1 is 1.22 bits per heavy atom. The van der Waals surface area contributed by atoms with E-state index in [1.54, 1.807) is 30.5 Å². The number of aryl methyl sites for hydroxylation is 1. The zero-order valence-electron chi connectivity index (χ0n) is 19.0. The maximum atomic E-state index is 12.9. The van der Waals surface area contributed by atoms with E-state index in [9.17, 15) is 4.79 Å². The molecule has 2 N–H and O–H groups in total. The molecule has 1 aromatic carbocycles. The number of hydrogen-bond acceptors (Lipinski definition) is 4. The molecule has 1 aromatic heterocycles. The number of hydrogen-bond donors (Lipinski definition) is 2. The molecule has 1 amide bonds. The molecule has 0 unspecified atom stereocenters. The maximum absolute atomic E-state index is 12.9. The number of aromatic nitrogens is 1. The van der Waals surface area contributed by atoms with Crippen LogP contribution >= 0.6 is 11.6 Å². The Labute approximate surface area is 194 Å². The molecule has 32 heavy (non-hydrogen) atoms. The predicted molar refractivity (Wildman–Crippen MR) is 125 cm³/mol. The summed E-state index contributed by atoms with van der Waals surface area (Å²) in [6, 6.07) is 8.64. The third-order valence-electron chi connectivity index (χ3n) is 6.34. The molecule has 2 aromatic rings. The summed E-state index contributed by atoms with van der Waals surface area (Å²) in [6.45, 7) is 15.6. The van der Waals surface area contributed by atoms with Crippen molar-refractivity contribution in [3.63, 3.8) is 0 Å². The highest BCUT2D eigenvalue weighted by molar-refractivity contribution is 6.33. The summed E-state index contributed by atoms with van der Waals surface area (Å²) in [5, 5.41) is 12.4. The van der Waals surface area contributed by atoms with Gasteiger partial charge in [-0.25, -0.2) is 4.85 Å². The van der Waals surface area contributed by atoms with Crippen molar-refractivity contribution < 1.29 is 14.6 Å². The van der Waals surface area contributed by atoms with E-state index in [1.165, 1.54) is 0 Å². The number of carbonyl (C=O) groups excluding carboxylic acids is 1. The van der Waals surface area contributed by atoms with Crippen LogP contribution in [-0.2, 0) is 6.42 Å². The van der Waals surface area contributed by atoms with Gasteiger partial charge >= 0.3 is 0 Å². The highest BCUT2D eigenvalue weighted by Crippen LogP contribution is 2.55. The van der Waals surface area contributed by atoms with Gasteiger partial charge in [-0.3, -0.25) is 9.78 Å². The SMILES string of the molecule is [C-]#[N+]c1ccc(OC2C(C)(C)C(NC(=O)c3ccc(CCCCO)nc3)C2(C)C)cc1Cl. The van der Waals surface area contributed by atoms with Gasteiger partial charge in [0.1, 0.15) is 11.9 Å². The average Bonchev–Trinajstić information content (AvgIpc) is 2.76. The minimum absolute atomic E-state index is 0.102. The Hall–Kier alpha value is -2.62. The number of aliphatic hydroxyl groups excluding tert-OH is 1. The van der Waals surface area contributed by atoms with E-state index >= 15 is 0 Å². The van der Waals surface area contributed by atoms with Crippen LogP contribution in [0, 0.1) is 17.4 Å². The fraction of sp³-hybridized carbons (Fsp3) is 0.480. The number of rotatable bonds is 8. The first-order chi connectivity index (χ1) is 15.1. The van der Waals surface area contributed by atoms with Crippen LogP contribution in [0.5, 0.6) is 5.75 Å². The summed E-state index contributed by atoms with van der Waals surface area (Å²) in [7, 11) is 0. The first-order valence-corrected chi connectivity index (χ1v) is 11.2. The number of benzene rings is 1. The fourth-order valence-corrected chi connectivity index (χ4v) is 5.14. The Kier molecular flexibility index (Phi) is 7.12. The van der Waals surface area contributed by atoms with Crippen LogP contribution in [0.4, 0.5) is 5.69 Å². The van der Waals surface area contributed by atoms with Crippen LogP contribution in [0.3, 0.4) is 0 Å². The van der Waals surface area contributed by atoms with Gasteiger partial charge in [0.05, 0.1) is 17.2 Å². The van der Waals surface area contributed by atoms with Crippen LogP contribution in [0.15, 0.2) is 36.5 Å². The van der Waals surface area contributed by atoms with E-state index in [4.69, 9.17) is 28.0 Å². The van der Waals surface area contributed by atoms with Gasteiger partial charge in [0.2, 0.25) is 5.69 Å². The van der Waals surface area contributed by atoms with Gasteiger partial charge in [0.15, 0.2) is 0 Å². The lowest BCUT2D eigenvalue weighted by Crippen LogP contribution is -2.74. The first kappa shape index (κ1) is 24.0. The molecule has 0 aliphatic heterocycles. The first-order valence-electron chi connectivity index (χ1n) is 10.8. The fourth-order valence-electron chi connectivity index (χ4n) is 4.93. The highest BCUT2D eigenvalue weighted by atomic mass is 35.5. The summed E-state index contributed by atoms with van der Waals surface area (Å²) in [5.74, 6) is 0.452. The summed E-state index contributed by atoms with van der Waals surface area (Å²) in [6.07, 6.45) is 3.85. The smallest absolute Gasteiger partial charge is 0.253 e. The third-order valence-corrected chi connectivity index (χ3v) is 6.64. The van der Waals surface area contributed by atoms with E-state index in [1.807, 2.05) is 6.07 Å². The van der Waals surface area contributed by atoms with Gasteiger partial charge in [-0.15, -0.1) is 0 Å². The molecule has 0 radical (unpaired) electrons. The quantitative estimate of drug-likeness (QED) is 0.423. The molecule has 170 valence electrons. The van der Waals surface area contributed by atoms with Crippen molar-refractivity contribution in [1.82, 2.24) is 10.3 Å². The molecule has 0 saturated heterocycles. The number of halogens is 1. The highest BCUT2D eigenvalue weighted by Gasteiger charge is 2.64. The predicted octanol–water partition coefficient (Wildman–Crippen LogP) is 5.21. The minimum Gasteiger partial charge on any atom is -0.489 e. The van der Waals surface area contributed by atoms with E-state index in [-0.39, 0.29) is 35.5 Å². The molecule has 1 fully saturated rings. The van der Waals surface area contributed by atoms with Crippen molar-refractivity contribution in [3.05, 3.63) is 64.2 Å². The molecular weight excluding hydrogens is 426 g/mol. The third kappa shape index (κ3) is 4.74. The lowest BCUT2D eigenvalue weighted by Gasteiger charge is -2.63. The standard InChI is InChI=1S/C25H30ClN3O3/c1-24(2)22(29-21(31)16-9-10-17(28-15-16)8-6-7-13-30)25(3,4)23(24)32-18-11-12-20(27-5)19(26)14-18/h9-12,14-15,22-23,30H,6-8,13H2,1-4H3,(H,29,31). The van der Waals surface area contributed by atoms with Crippen LogP contribution in [0.25, 0.3) is 4.85 Å². The number of pyridine rings is 1. The Bertz CT molecular complexity index is 996. The van der Waals surface area contributed by atoms with Crippen molar-refractivity contribution in [1.29, 1.82) is 0 Å². The second kappa shape index (κ2) is 9.48. The second-order valence-electron chi connectivity index (χ2n) is 9.49. The van der Waals surface area contributed by atoms with Crippen molar-refractivity contribution in [2.45, 2.75) is 59.1 Å². The Balaban J connectivity index is 1.67. The van der Waals surface area contributed by atoms with Gasteiger partial charge in [0.25, 0.3) is 5.91 Å². The molecule has 3 rings (SSSR count). The lowest BCUT2D eigenvalue weighted by atomic mass is 9.49. The number of nitrogens with zero attached hydrogens (tertiary/aromatic N) is 2. The van der Waals surface area contributed by atoms with Crippen LogP contribution < -0.4 is 10.1 Å². The van der Waals surface area contributed by atoms with Gasteiger partial charge in [-0.2, -0.15) is 0 Å². The number of aliphatic hydroxyl groups is 1. The zero-order chi connectivity index (χ0) is 23.5. The maximum Gasteiger partial charge on any atom is 0.253 e. The summed E-state index contributed by atoms with van der Waals surface area (Å²) >= 11 is 6.16. The summed E-state index contributed by atoms with van der Waals surface area (Å²) in [4.78, 5) is 20.7. The topological polar surface area (TPSA) is 75.8 Å². The molecule has 0 atom stereocenters. The van der Waals surface area contributed by atoms with Gasteiger partial charge in [-0.1, -0.05) is 45.4 Å². The molecule has 1 aliphatic carbocycles. The summed E-state index contributed by atoms with van der Waals surface area (Å²) in [5.41, 5.74) is 1.19. The molecular formula is C25H30ClN3O3. The average molecular weight is 456 g/mol. The van der Waals surface area contributed by atoms with Crippen molar-refractivity contribution in [2.24, 2.45) is 10.8 Å². The van der Waals surface area contributed by atoms with Gasteiger partial charge in [0, 0.05) is 35.4 Å². The number of carbonyl (C=O) groups is 1. The van der Waals surface area contributed by atoms with Gasteiger partial charge < -0.3 is 15.2 Å². The van der Waals surface area contributed by atoms with E-state index in [2.05, 4.69) is 42.8 Å². The number of amides is 1. The minimum atomic E-state index is -0.318. The van der Waals surface area contributed by atoms with Crippen LogP contribution in [0.2, 0.25) is 5.02 Å². The molecule has 0 bridgehead atoms. The second-order valence-corrected chi connectivity index (χ2v) is 9.90. The molecule has 1 aliphatic rings. The molecule has 1 saturated carbocycles. The number of unbranched alkanes of at least 4 members (excludes halogenated alkanes) is 1. The Morgan fingerprint density at radius 2 is 1.94 bits per heavy atom. The van der Waals surface area contributed by atoms with Crippen LogP contribution in [0.1, 0.15) is 56.6 Å². The van der Waals surface area contributed by atoms with Gasteiger partial charge in [-0.05, 0) is 43.5 Å². The number of ether oxygens (including phenoxy) is 1. The van der Waals surface area contributed by atoms with E-state index in [0.717, 1.165) is 25.0 Å². The monoisotopic (exact) mass is 455 g/mol. The zero-order valence-corrected chi connectivity index (χ0v) is 19.7. The van der Waals surface area contributed by atoms with Crippen molar-refractivity contribution in [3.8, 4) is 5.75 Å². The van der Waals surface area contributed by atoms with Crippen molar-refractivity contribution in [2.75, 3.05) is 6.61 Å². The normalized spacial score (nSPS) is 20.7. The Morgan fingerprint density at radius 3 is 2.50 bits per heavy atom.